The highest BCUT2D eigenvalue weighted by Crippen LogP contribution is 2.19. The maximum atomic E-state index is 5.37. The Morgan fingerprint density at radius 1 is 1.54 bits per heavy atom. The molecule has 0 saturated carbocycles. The lowest BCUT2D eigenvalue weighted by atomic mass is 10.2. The molecule has 1 rings (SSSR count). The van der Waals surface area contributed by atoms with Gasteiger partial charge in [0.05, 0.1) is 12.4 Å². The monoisotopic (exact) mass is 200 g/mol. The molecule has 13 heavy (non-hydrogen) atoms. The normalized spacial score (nSPS) is 22.1. The number of thioether (sulfide) groups is 1. The smallest absolute Gasteiger partial charge is 0.107 e. The Morgan fingerprint density at radius 2 is 2.46 bits per heavy atom. The molecule has 0 bridgehead atoms. The van der Waals surface area contributed by atoms with Gasteiger partial charge < -0.3 is 9.47 Å². The molecule has 0 N–H and O–H groups in total. The van der Waals surface area contributed by atoms with E-state index in [9.17, 15) is 0 Å². The van der Waals surface area contributed by atoms with Crippen LogP contribution >= 0.6 is 11.8 Å². The Morgan fingerprint density at radius 3 is 3.15 bits per heavy atom. The van der Waals surface area contributed by atoms with Crippen LogP contribution < -0.4 is 0 Å². The molecule has 0 aromatic carbocycles. The van der Waals surface area contributed by atoms with Gasteiger partial charge in [0.2, 0.25) is 0 Å². The zero-order valence-corrected chi connectivity index (χ0v) is 8.86. The van der Waals surface area contributed by atoms with Crippen molar-refractivity contribution in [2.75, 3.05) is 32.7 Å². The quantitative estimate of drug-likeness (QED) is 0.644. The van der Waals surface area contributed by atoms with Gasteiger partial charge in [-0.3, -0.25) is 0 Å². The third kappa shape index (κ3) is 5.20. The van der Waals surface area contributed by atoms with Crippen molar-refractivity contribution >= 4 is 11.8 Å². The van der Waals surface area contributed by atoms with Crippen LogP contribution in [0.2, 0.25) is 0 Å². The minimum absolute atomic E-state index is 0.543. The predicted octanol–water partition coefficient (Wildman–Crippen LogP) is 1.55. The molecule has 1 atom stereocenters. The first-order valence-electron chi connectivity index (χ1n) is 4.57. The van der Waals surface area contributed by atoms with Crippen LogP contribution in [0.3, 0.4) is 0 Å². The van der Waals surface area contributed by atoms with Crippen molar-refractivity contribution in [1.29, 1.82) is 0 Å². The number of methoxy groups -OCH3 is 1. The number of rotatable bonds is 3. The summed E-state index contributed by atoms with van der Waals surface area (Å²) in [7, 11) is 1.66. The van der Waals surface area contributed by atoms with E-state index < -0.39 is 0 Å². The summed E-state index contributed by atoms with van der Waals surface area (Å²) in [6.45, 7) is 2.38. The van der Waals surface area contributed by atoms with E-state index in [0.717, 1.165) is 19.0 Å². The average molecular weight is 200 g/mol. The second-order valence-electron chi connectivity index (χ2n) is 2.94. The van der Waals surface area contributed by atoms with Crippen LogP contribution in [0.15, 0.2) is 0 Å². The second-order valence-corrected chi connectivity index (χ2v) is 4.23. The van der Waals surface area contributed by atoms with Crippen molar-refractivity contribution < 1.29 is 9.47 Å². The summed E-state index contributed by atoms with van der Waals surface area (Å²) < 4.78 is 10.2. The van der Waals surface area contributed by atoms with Gasteiger partial charge in [-0.1, -0.05) is 11.8 Å². The first-order valence-corrected chi connectivity index (χ1v) is 5.62. The molecular formula is C10H16O2S. The van der Waals surface area contributed by atoms with E-state index >= 15 is 0 Å². The number of hydrogen-bond donors (Lipinski definition) is 0. The van der Waals surface area contributed by atoms with E-state index in [-0.39, 0.29) is 0 Å². The third-order valence-corrected chi connectivity index (χ3v) is 3.01. The molecule has 0 amide bonds. The van der Waals surface area contributed by atoms with E-state index in [4.69, 9.17) is 9.47 Å². The molecule has 3 heteroatoms. The average Bonchev–Trinajstić information content (AvgIpc) is 2.19. The lowest BCUT2D eigenvalue weighted by Gasteiger charge is -2.20. The molecule has 0 aromatic rings. The van der Waals surface area contributed by atoms with Gasteiger partial charge in [0.15, 0.2) is 0 Å². The highest BCUT2D eigenvalue weighted by molar-refractivity contribution is 8.00. The van der Waals surface area contributed by atoms with Gasteiger partial charge in [0.25, 0.3) is 0 Å². The summed E-state index contributed by atoms with van der Waals surface area (Å²) in [6.07, 6.45) is 2.47. The van der Waals surface area contributed by atoms with Crippen molar-refractivity contribution in [3.63, 3.8) is 0 Å². The summed E-state index contributed by atoms with van der Waals surface area (Å²) in [5.74, 6) is 6.91. The summed E-state index contributed by atoms with van der Waals surface area (Å²) in [6, 6.07) is 0. The first kappa shape index (κ1) is 10.9. The lowest BCUT2D eigenvalue weighted by Crippen LogP contribution is -2.19. The summed E-state index contributed by atoms with van der Waals surface area (Å²) in [5, 5.41) is 0.658. The molecule has 1 unspecified atom stereocenters. The Hall–Kier alpha value is -0.170. The zero-order valence-electron chi connectivity index (χ0n) is 8.04. The highest BCUT2D eigenvalue weighted by atomic mass is 32.2. The van der Waals surface area contributed by atoms with Crippen molar-refractivity contribution in [3.05, 3.63) is 0 Å². The van der Waals surface area contributed by atoms with Crippen LogP contribution in [-0.2, 0) is 9.47 Å². The van der Waals surface area contributed by atoms with Gasteiger partial charge >= 0.3 is 0 Å². The van der Waals surface area contributed by atoms with Gasteiger partial charge in [-0.05, 0) is 12.8 Å². The van der Waals surface area contributed by atoms with E-state index in [1.807, 2.05) is 11.8 Å². The Bertz CT molecular complexity index is 177. The standard InChI is InChI=1S/C10H16O2S/c1-11-6-2-3-8-13-10-5-4-7-12-9-10/h10H,4-9H2,1H3. The lowest BCUT2D eigenvalue weighted by molar-refractivity contribution is 0.101. The SMILES string of the molecule is COCC#CCSC1CCCOC1. The first-order chi connectivity index (χ1) is 6.43. The fraction of sp³-hybridized carbons (Fsp3) is 0.800. The topological polar surface area (TPSA) is 18.5 Å². The minimum Gasteiger partial charge on any atom is -0.380 e. The molecule has 1 heterocycles. The maximum absolute atomic E-state index is 5.37. The van der Waals surface area contributed by atoms with Crippen LogP contribution in [0.5, 0.6) is 0 Å². The van der Waals surface area contributed by atoms with Crippen LogP contribution in [0.25, 0.3) is 0 Å². The molecule has 1 fully saturated rings. The molecule has 2 nitrogen and oxygen atoms in total. The molecule has 1 aliphatic rings. The second kappa shape index (κ2) is 7.25. The summed E-state index contributed by atoms with van der Waals surface area (Å²) >= 11 is 1.89. The van der Waals surface area contributed by atoms with Gasteiger partial charge in [-0.2, -0.15) is 0 Å². The van der Waals surface area contributed by atoms with E-state index in [0.29, 0.717) is 11.9 Å². The van der Waals surface area contributed by atoms with Crippen LogP contribution in [0.1, 0.15) is 12.8 Å². The van der Waals surface area contributed by atoms with Gasteiger partial charge in [-0.15, -0.1) is 11.8 Å². The van der Waals surface area contributed by atoms with Crippen LogP contribution in [0, 0.1) is 11.8 Å². The molecule has 0 aliphatic carbocycles. The molecule has 0 spiro atoms. The molecular weight excluding hydrogens is 184 g/mol. The van der Waals surface area contributed by atoms with Gasteiger partial charge in [-0.25, -0.2) is 0 Å². The van der Waals surface area contributed by atoms with Crippen LogP contribution in [0.4, 0.5) is 0 Å². The third-order valence-electron chi connectivity index (χ3n) is 1.85. The van der Waals surface area contributed by atoms with Gasteiger partial charge in [0.1, 0.15) is 6.61 Å². The van der Waals surface area contributed by atoms with E-state index in [1.165, 1.54) is 12.8 Å². The van der Waals surface area contributed by atoms with E-state index in [1.54, 1.807) is 7.11 Å². The van der Waals surface area contributed by atoms with Crippen molar-refractivity contribution in [2.24, 2.45) is 0 Å². The van der Waals surface area contributed by atoms with Crippen LogP contribution in [-0.4, -0.2) is 37.9 Å². The minimum atomic E-state index is 0.543. The largest absolute Gasteiger partial charge is 0.380 e. The maximum Gasteiger partial charge on any atom is 0.107 e. The molecule has 1 saturated heterocycles. The predicted molar refractivity (Wildman–Crippen MR) is 56.0 cm³/mol. The van der Waals surface area contributed by atoms with Gasteiger partial charge in [0, 0.05) is 19.0 Å². The Kier molecular flexibility index (Phi) is 6.09. The Labute approximate surface area is 84.4 Å². The van der Waals surface area contributed by atoms with E-state index in [2.05, 4.69) is 11.8 Å². The van der Waals surface area contributed by atoms with Crippen molar-refractivity contribution in [1.82, 2.24) is 0 Å². The molecule has 0 aromatic heterocycles. The summed E-state index contributed by atoms with van der Waals surface area (Å²) in [4.78, 5) is 0. The van der Waals surface area contributed by atoms with Crippen molar-refractivity contribution in [3.8, 4) is 11.8 Å². The molecule has 0 radical (unpaired) electrons. The fourth-order valence-electron chi connectivity index (χ4n) is 1.18. The highest BCUT2D eigenvalue weighted by Gasteiger charge is 2.12. The fourth-order valence-corrected chi connectivity index (χ4v) is 2.12. The summed E-state index contributed by atoms with van der Waals surface area (Å²) in [5.41, 5.74) is 0. The Balaban J connectivity index is 2.01. The molecule has 1 aliphatic heterocycles. The number of ether oxygens (including phenoxy) is 2. The molecule has 74 valence electrons. The number of hydrogen-bond acceptors (Lipinski definition) is 3. The van der Waals surface area contributed by atoms with Crippen molar-refractivity contribution in [2.45, 2.75) is 18.1 Å². The zero-order chi connectivity index (χ0) is 9.36.